The van der Waals surface area contributed by atoms with Gasteiger partial charge in [-0.2, -0.15) is 0 Å². The van der Waals surface area contributed by atoms with Crippen LogP contribution in [-0.4, -0.2) is 63.6 Å². The maximum absolute atomic E-state index is 13.7. The normalized spacial score (nSPS) is 20.9. The Morgan fingerprint density at radius 2 is 1.64 bits per heavy atom. The van der Waals surface area contributed by atoms with Crippen molar-refractivity contribution in [3.63, 3.8) is 0 Å². The van der Waals surface area contributed by atoms with Gasteiger partial charge in [0.15, 0.2) is 21.4 Å². The second kappa shape index (κ2) is 10.5. The number of carbonyl (C=O) groups is 2. The van der Waals surface area contributed by atoms with Crippen molar-refractivity contribution < 1.29 is 32.2 Å². The topological polar surface area (TPSA) is 99.2 Å². The average Bonchev–Trinajstić information content (AvgIpc) is 3.08. The Balaban J connectivity index is 2.15. The first-order chi connectivity index (χ1) is 15.8. The van der Waals surface area contributed by atoms with Crippen molar-refractivity contribution in [2.75, 3.05) is 20.8 Å². The van der Waals surface area contributed by atoms with Crippen molar-refractivity contribution in [2.45, 2.75) is 42.9 Å². The molecule has 1 amide bonds. The van der Waals surface area contributed by atoms with E-state index in [1.807, 2.05) is 13.0 Å². The highest BCUT2D eigenvalue weighted by Gasteiger charge is 2.60. The van der Waals surface area contributed by atoms with Crippen LogP contribution >= 0.6 is 0 Å². The lowest BCUT2D eigenvalue weighted by molar-refractivity contribution is -0.166. The first kappa shape index (κ1) is 24.9. The molecule has 2 aromatic rings. The Hall–Kier alpha value is -2.75. The first-order valence-corrected chi connectivity index (χ1v) is 12.2. The van der Waals surface area contributed by atoms with E-state index >= 15 is 0 Å². The lowest BCUT2D eigenvalue weighted by atomic mass is 9.98. The number of hydrogen-bond donors (Lipinski definition) is 0. The van der Waals surface area contributed by atoms with Crippen LogP contribution in [0.3, 0.4) is 0 Å². The molecule has 0 unspecified atom stereocenters. The zero-order valence-electron chi connectivity index (χ0n) is 19.1. The largest absolute Gasteiger partial charge is 0.464 e. The van der Waals surface area contributed by atoms with Gasteiger partial charge in [0, 0.05) is 20.8 Å². The van der Waals surface area contributed by atoms with E-state index in [4.69, 9.17) is 14.2 Å². The molecule has 1 saturated heterocycles. The zero-order chi connectivity index (χ0) is 24.2. The number of carbonyl (C=O) groups excluding carboxylic acids is 2. The van der Waals surface area contributed by atoms with E-state index in [0.29, 0.717) is 0 Å². The number of sulfone groups is 1. The highest BCUT2D eigenvalue weighted by Crippen LogP contribution is 2.39. The Morgan fingerprint density at radius 3 is 2.18 bits per heavy atom. The van der Waals surface area contributed by atoms with Crippen molar-refractivity contribution >= 4 is 21.7 Å². The molecule has 0 saturated carbocycles. The molecule has 1 aliphatic rings. The second-order valence-corrected chi connectivity index (χ2v) is 9.91. The molecular weight excluding hydrogens is 446 g/mol. The van der Waals surface area contributed by atoms with Crippen LogP contribution in [0.2, 0.25) is 0 Å². The predicted octanol–water partition coefficient (Wildman–Crippen LogP) is 2.35. The molecule has 3 atom stereocenters. The number of esters is 1. The number of methoxy groups -OCH3 is 2. The van der Waals surface area contributed by atoms with E-state index in [0.717, 1.165) is 11.1 Å². The second-order valence-electron chi connectivity index (χ2n) is 7.84. The van der Waals surface area contributed by atoms with Gasteiger partial charge in [0.2, 0.25) is 5.91 Å². The van der Waals surface area contributed by atoms with Crippen LogP contribution in [0.5, 0.6) is 0 Å². The number of benzene rings is 2. The summed E-state index contributed by atoms with van der Waals surface area (Å²) in [5, 5.41) is -1.58. The molecule has 0 aliphatic carbocycles. The third-order valence-electron chi connectivity index (χ3n) is 5.76. The number of aryl methyl sites for hydroxylation is 1. The molecule has 1 fully saturated rings. The van der Waals surface area contributed by atoms with Crippen molar-refractivity contribution in [1.82, 2.24) is 4.90 Å². The Morgan fingerprint density at radius 1 is 1.03 bits per heavy atom. The molecule has 8 nitrogen and oxygen atoms in total. The Kier molecular flexibility index (Phi) is 7.88. The van der Waals surface area contributed by atoms with Crippen molar-refractivity contribution in [3.8, 4) is 0 Å². The van der Waals surface area contributed by atoms with Gasteiger partial charge in [-0.15, -0.1) is 0 Å². The molecule has 0 N–H and O–H groups in total. The molecule has 0 aromatic heterocycles. The summed E-state index contributed by atoms with van der Waals surface area (Å²) in [6.45, 7) is 3.61. The summed E-state index contributed by atoms with van der Waals surface area (Å²) in [6, 6.07) is 14.1. The van der Waals surface area contributed by atoms with Crippen molar-refractivity contribution in [3.05, 3.63) is 65.7 Å². The van der Waals surface area contributed by atoms with Crippen molar-refractivity contribution in [2.24, 2.45) is 5.92 Å². The highest BCUT2D eigenvalue weighted by molar-refractivity contribution is 7.92. The quantitative estimate of drug-likeness (QED) is 0.405. The molecule has 2 aromatic carbocycles. The van der Waals surface area contributed by atoms with Crippen LogP contribution in [0.1, 0.15) is 18.1 Å². The predicted molar refractivity (Wildman–Crippen MR) is 121 cm³/mol. The lowest BCUT2D eigenvalue weighted by Crippen LogP contribution is -2.47. The van der Waals surface area contributed by atoms with Crippen LogP contribution in [0.15, 0.2) is 59.5 Å². The molecule has 1 heterocycles. The summed E-state index contributed by atoms with van der Waals surface area (Å²) in [7, 11) is -1.50. The fourth-order valence-corrected chi connectivity index (χ4v) is 6.12. The molecule has 0 radical (unpaired) electrons. The Labute approximate surface area is 194 Å². The summed E-state index contributed by atoms with van der Waals surface area (Å²) in [4.78, 5) is 28.0. The summed E-state index contributed by atoms with van der Waals surface area (Å²) >= 11 is 0. The molecule has 1 aliphatic heterocycles. The monoisotopic (exact) mass is 475 g/mol. The number of ether oxygens (including phenoxy) is 3. The summed E-state index contributed by atoms with van der Waals surface area (Å²) in [6.07, 6.45) is -1.13. The van der Waals surface area contributed by atoms with Crippen molar-refractivity contribution in [1.29, 1.82) is 0 Å². The molecule has 9 heteroatoms. The van der Waals surface area contributed by atoms with Crippen LogP contribution in [0.25, 0.3) is 0 Å². The Bertz CT molecular complexity index is 1070. The minimum Gasteiger partial charge on any atom is -0.464 e. The average molecular weight is 476 g/mol. The van der Waals surface area contributed by atoms with Crippen LogP contribution < -0.4 is 0 Å². The van der Waals surface area contributed by atoms with Crippen LogP contribution in [0.4, 0.5) is 0 Å². The van der Waals surface area contributed by atoms with E-state index in [1.165, 1.54) is 31.3 Å². The smallest absolute Gasteiger partial charge is 0.329 e. The summed E-state index contributed by atoms with van der Waals surface area (Å²) < 4.78 is 43.5. The van der Waals surface area contributed by atoms with Gasteiger partial charge < -0.3 is 19.1 Å². The molecule has 3 rings (SSSR count). The van der Waals surface area contributed by atoms with E-state index in [9.17, 15) is 18.0 Å². The van der Waals surface area contributed by atoms with Gasteiger partial charge in [-0.25, -0.2) is 13.2 Å². The van der Waals surface area contributed by atoms with Gasteiger partial charge in [-0.1, -0.05) is 48.0 Å². The van der Waals surface area contributed by atoms with Crippen LogP contribution in [-0.2, 0) is 40.2 Å². The highest BCUT2D eigenvalue weighted by atomic mass is 32.2. The van der Waals surface area contributed by atoms with Gasteiger partial charge >= 0.3 is 5.97 Å². The summed E-state index contributed by atoms with van der Waals surface area (Å²) in [5.74, 6) is -2.53. The third-order valence-corrected chi connectivity index (χ3v) is 7.88. The number of hydrogen-bond acceptors (Lipinski definition) is 7. The van der Waals surface area contributed by atoms with Gasteiger partial charge in [-0.05, 0) is 31.5 Å². The zero-order valence-corrected chi connectivity index (χ0v) is 19.9. The number of rotatable bonds is 9. The number of nitrogens with zero attached hydrogens (tertiary/aromatic N) is 1. The maximum atomic E-state index is 13.7. The first-order valence-electron chi connectivity index (χ1n) is 10.6. The molecular formula is C24H29NO7S. The standard InChI is InChI=1S/C24H29NO7S/c1-5-32-23(27)20-19(24(30-3)31-4)21(33(28,29)18-13-11-16(2)12-14-18)22(26)25(20)15-17-9-7-6-8-10-17/h6-14,19-21,24H,5,15H2,1-4H3/t19-,20+,21+/m1/s1. The fourth-order valence-electron chi connectivity index (χ4n) is 4.22. The minimum absolute atomic E-state index is 0.00780. The van der Waals surface area contributed by atoms with E-state index in [1.54, 1.807) is 43.3 Å². The summed E-state index contributed by atoms with van der Waals surface area (Å²) in [5.41, 5.74) is 1.63. The minimum atomic E-state index is -4.18. The van der Waals surface area contributed by atoms with Gasteiger partial charge in [0.1, 0.15) is 6.04 Å². The maximum Gasteiger partial charge on any atom is 0.329 e. The van der Waals surface area contributed by atoms with Crippen LogP contribution in [0, 0.1) is 12.8 Å². The van der Waals surface area contributed by atoms with Gasteiger partial charge in [0.05, 0.1) is 17.4 Å². The third kappa shape index (κ3) is 4.95. The molecule has 33 heavy (non-hydrogen) atoms. The molecule has 0 bridgehead atoms. The van der Waals surface area contributed by atoms with Gasteiger partial charge in [-0.3, -0.25) is 4.79 Å². The number of likely N-dealkylation sites (tertiary alicyclic amines) is 1. The number of amides is 1. The SMILES string of the molecule is CCOC(=O)[C@@H]1[C@@H](C(OC)OC)[C@H](S(=O)(=O)c2ccc(C)cc2)C(=O)N1Cc1ccccc1. The molecule has 0 spiro atoms. The lowest BCUT2D eigenvalue weighted by Gasteiger charge is -2.30. The van der Waals surface area contributed by atoms with E-state index in [2.05, 4.69) is 0 Å². The fraction of sp³-hybridized carbons (Fsp3) is 0.417. The van der Waals surface area contributed by atoms with E-state index < -0.39 is 45.2 Å². The van der Waals surface area contributed by atoms with E-state index in [-0.39, 0.29) is 18.0 Å². The molecule has 178 valence electrons. The van der Waals surface area contributed by atoms with Gasteiger partial charge in [0.25, 0.3) is 0 Å².